The van der Waals surface area contributed by atoms with E-state index in [-0.39, 0.29) is 30.8 Å². The summed E-state index contributed by atoms with van der Waals surface area (Å²) in [5.74, 6) is -0.456. The quantitative estimate of drug-likeness (QED) is 0.845. The molecule has 1 heterocycles. The number of nitrogens with one attached hydrogen (secondary N) is 2. The Labute approximate surface area is 143 Å². The number of benzene rings is 1. The van der Waals surface area contributed by atoms with E-state index < -0.39 is 17.8 Å². The number of hydrogen-bond acceptors (Lipinski definition) is 3. The number of hydrogen-bond donors (Lipinski definition) is 2. The highest BCUT2D eigenvalue weighted by atomic mass is 19.4. The lowest BCUT2D eigenvalue weighted by Gasteiger charge is -2.34. The minimum atomic E-state index is -4.40. The van der Waals surface area contributed by atoms with Crippen LogP contribution in [-0.4, -0.2) is 41.9 Å². The molecule has 1 saturated heterocycles. The van der Waals surface area contributed by atoms with E-state index in [4.69, 9.17) is 0 Å². The lowest BCUT2D eigenvalue weighted by atomic mass is 10.1. The van der Waals surface area contributed by atoms with Gasteiger partial charge in [-0.05, 0) is 24.5 Å². The van der Waals surface area contributed by atoms with Crippen molar-refractivity contribution in [2.45, 2.75) is 44.1 Å². The van der Waals surface area contributed by atoms with Gasteiger partial charge in [0.25, 0.3) is 0 Å². The Morgan fingerprint density at radius 1 is 1.32 bits per heavy atom. The van der Waals surface area contributed by atoms with Crippen LogP contribution >= 0.6 is 0 Å². The second-order valence-corrected chi connectivity index (χ2v) is 6.52. The van der Waals surface area contributed by atoms with Crippen LogP contribution in [0.5, 0.6) is 0 Å². The van der Waals surface area contributed by atoms with Crippen molar-refractivity contribution in [1.29, 1.82) is 0 Å². The summed E-state index contributed by atoms with van der Waals surface area (Å²) in [6.07, 6.45) is -2.48. The molecule has 5 nitrogen and oxygen atoms in total. The van der Waals surface area contributed by atoms with Crippen LogP contribution in [-0.2, 0) is 22.3 Å². The Kier molecular flexibility index (Phi) is 4.99. The summed E-state index contributed by atoms with van der Waals surface area (Å²) in [5, 5.41) is 5.56. The number of carbonyl (C=O) groups is 2. The average Bonchev–Trinajstić information content (AvgIpc) is 3.34. The molecule has 2 aliphatic rings. The zero-order chi connectivity index (χ0) is 18.0. The third kappa shape index (κ3) is 4.72. The Morgan fingerprint density at radius 2 is 2.08 bits per heavy atom. The molecule has 0 unspecified atom stereocenters. The number of nitrogens with zero attached hydrogens (tertiary/aromatic N) is 1. The number of carbonyl (C=O) groups excluding carboxylic acids is 2. The van der Waals surface area contributed by atoms with Gasteiger partial charge >= 0.3 is 6.18 Å². The zero-order valence-corrected chi connectivity index (χ0v) is 13.6. The van der Waals surface area contributed by atoms with Crippen LogP contribution in [0.25, 0.3) is 0 Å². The predicted octanol–water partition coefficient (Wildman–Crippen LogP) is 1.67. The van der Waals surface area contributed by atoms with Gasteiger partial charge in [0.1, 0.15) is 0 Å². The monoisotopic (exact) mass is 355 g/mol. The van der Waals surface area contributed by atoms with Crippen molar-refractivity contribution in [1.82, 2.24) is 15.5 Å². The molecule has 3 rings (SSSR count). The minimum absolute atomic E-state index is 0.0152. The first-order valence-electron chi connectivity index (χ1n) is 8.30. The van der Waals surface area contributed by atoms with Gasteiger partial charge < -0.3 is 10.6 Å². The lowest BCUT2D eigenvalue weighted by Crippen LogP contribution is -2.56. The molecule has 25 heavy (non-hydrogen) atoms. The van der Waals surface area contributed by atoms with Crippen molar-refractivity contribution >= 4 is 11.8 Å². The van der Waals surface area contributed by atoms with E-state index in [9.17, 15) is 22.8 Å². The Balaban J connectivity index is 1.69. The third-order valence-electron chi connectivity index (χ3n) is 4.40. The molecule has 136 valence electrons. The van der Waals surface area contributed by atoms with Crippen LogP contribution in [0.15, 0.2) is 24.3 Å². The maximum Gasteiger partial charge on any atom is 0.416 e. The number of alkyl halides is 3. The smallest absolute Gasteiger partial charge is 0.353 e. The number of halogens is 3. The molecule has 0 bridgehead atoms. The highest BCUT2D eigenvalue weighted by molar-refractivity contribution is 5.89. The van der Waals surface area contributed by atoms with Crippen molar-refractivity contribution in [3.05, 3.63) is 35.4 Å². The van der Waals surface area contributed by atoms with E-state index in [2.05, 4.69) is 10.6 Å². The van der Waals surface area contributed by atoms with Gasteiger partial charge in [-0.25, -0.2) is 0 Å². The summed E-state index contributed by atoms with van der Waals surface area (Å²) < 4.78 is 38.6. The van der Waals surface area contributed by atoms with Crippen LogP contribution in [0.3, 0.4) is 0 Å². The number of piperazine rings is 1. The van der Waals surface area contributed by atoms with E-state index in [1.165, 1.54) is 6.07 Å². The largest absolute Gasteiger partial charge is 0.416 e. The molecular formula is C17H20F3N3O2. The second-order valence-electron chi connectivity index (χ2n) is 6.52. The molecule has 1 saturated carbocycles. The third-order valence-corrected chi connectivity index (χ3v) is 4.40. The number of rotatable bonds is 5. The molecule has 1 aromatic rings. The van der Waals surface area contributed by atoms with E-state index in [0.29, 0.717) is 18.7 Å². The van der Waals surface area contributed by atoms with Crippen molar-refractivity contribution < 1.29 is 22.8 Å². The van der Waals surface area contributed by atoms with Gasteiger partial charge in [0.05, 0.1) is 18.0 Å². The van der Waals surface area contributed by atoms with Crippen LogP contribution in [0.4, 0.5) is 13.2 Å². The Bertz CT molecular complexity index is 659. The standard InChI is InChI=1S/C17H20F3N3O2/c18-17(19,20)12-3-1-2-11(8-12)10-23-7-6-21-16(25)14(23)9-15(24)22-13-4-5-13/h1-3,8,13-14H,4-7,9-10H2,(H,21,25)(H,22,24)/t14-/m1/s1. The molecule has 2 N–H and O–H groups in total. The Morgan fingerprint density at radius 3 is 2.76 bits per heavy atom. The predicted molar refractivity (Wildman–Crippen MR) is 84.4 cm³/mol. The van der Waals surface area contributed by atoms with Gasteiger partial charge in [0.2, 0.25) is 11.8 Å². The highest BCUT2D eigenvalue weighted by Crippen LogP contribution is 2.30. The summed E-state index contributed by atoms with van der Waals surface area (Å²) in [6.45, 7) is 1.10. The highest BCUT2D eigenvalue weighted by Gasteiger charge is 2.34. The first-order valence-corrected chi connectivity index (χ1v) is 8.30. The van der Waals surface area contributed by atoms with Gasteiger partial charge in [-0.15, -0.1) is 0 Å². The molecule has 0 radical (unpaired) electrons. The molecule has 1 aliphatic heterocycles. The second kappa shape index (κ2) is 7.03. The maximum atomic E-state index is 12.9. The molecule has 1 aliphatic carbocycles. The molecule has 8 heteroatoms. The van der Waals surface area contributed by atoms with E-state index in [1.54, 1.807) is 11.0 Å². The van der Waals surface area contributed by atoms with E-state index in [0.717, 1.165) is 25.0 Å². The molecule has 0 aromatic heterocycles. The van der Waals surface area contributed by atoms with Crippen LogP contribution < -0.4 is 10.6 Å². The van der Waals surface area contributed by atoms with Gasteiger partial charge in [0, 0.05) is 25.7 Å². The first kappa shape index (κ1) is 17.7. The topological polar surface area (TPSA) is 61.4 Å². The maximum absolute atomic E-state index is 12.9. The fourth-order valence-corrected chi connectivity index (χ4v) is 2.94. The van der Waals surface area contributed by atoms with Crippen molar-refractivity contribution in [2.75, 3.05) is 13.1 Å². The van der Waals surface area contributed by atoms with Crippen molar-refractivity contribution in [3.63, 3.8) is 0 Å². The normalized spacial score (nSPS) is 21.7. The number of amides is 2. The van der Waals surface area contributed by atoms with Gasteiger partial charge in [-0.1, -0.05) is 18.2 Å². The zero-order valence-electron chi connectivity index (χ0n) is 13.6. The van der Waals surface area contributed by atoms with Crippen LogP contribution in [0.1, 0.15) is 30.4 Å². The average molecular weight is 355 g/mol. The summed E-state index contributed by atoms with van der Waals surface area (Å²) in [4.78, 5) is 25.9. The minimum Gasteiger partial charge on any atom is -0.353 e. The van der Waals surface area contributed by atoms with Crippen LogP contribution in [0, 0.1) is 0 Å². The fourth-order valence-electron chi connectivity index (χ4n) is 2.94. The van der Waals surface area contributed by atoms with Gasteiger partial charge in [-0.2, -0.15) is 13.2 Å². The Hall–Kier alpha value is -2.09. The molecular weight excluding hydrogens is 335 g/mol. The SMILES string of the molecule is O=C(C[C@@H]1C(=O)NCCN1Cc1cccc(C(F)(F)F)c1)NC1CC1. The molecule has 1 atom stereocenters. The van der Waals surface area contributed by atoms with Crippen LogP contribution in [0.2, 0.25) is 0 Å². The summed E-state index contributed by atoms with van der Waals surface area (Å²) in [7, 11) is 0. The molecule has 1 aromatic carbocycles. The van der Waals surface area contributed by atoms with Gasteiger partial charge in [0.15, 0.2) is 0 Å². The fraction of sp³-hybridized carbons (Fsp3) is 0.529. The first-order chi connectivity index (χ1) is 11.8. The molecule has 2 fully saturated rings. The summed E-state index contributed by atoms with van der Waals surface area (Å²) in [5.41, 5.74) is -0.244. The summed E-state index contributed by atoms with van der Waals surface area (Å²) in [6, 6.07) is 4.61. The lowest BCUT2D eigenvalue weighted by molar-refractivity contribution is -0.137. The van der Waals surface area contributed by atoms with Crippen molar-refractivity contribution in [3.8, 4) is 0 Å². The molecule has 2 amide bonds. The molecule has 0 spiro atoms. The van der Waals surface area contributed by atoms with Crippen molar-refractivity contribution in [2.24, 2.45) is 0 Å². The summed E-state index contributed by atoms with van der Waals surface area (Å²) >= 11 is 0. The van der Waals surface area contributed by atoms with Gasteiger partial charge in [-0.3, -0.25) is 14.5 Å². The van der Waals surface area contributed by atoms with E-state index in [1.807, 2.05) is 0 Å². The van der Waals surface area contributed by atoms with E-state index >= 15 is 0 Å².